The number of nitrogens with zero attached hydrogens (tertiary/aromatic N) is 3. The first-order valence-electron chi connectivity index (χ1n) is 13.0. The van der Waals surface area contributed by atoms with Crippen LogP contribution in [0.2, 0.25) is 0 Å². The molecule has 38 heavy (non-hydrogen) atoms. The number of fused-ring (bicyclic) bond motifs is 1. The number of hydrogen-bond acceptors (Lipinski definition) is 5. The third-order valence-electron chi connectivity index (χ3n) is 7.06. The van der Waals surface area contributed by atoms with E-state index >= 15 is 0 Å². The summed E-state index contributed by atoms with van der Waals surface area (Å²) in [6.07, 6.45) is 3.03. The fourth-order valence-corrected chi connectivity index (χ4v) is 5.11. The van der Waals surface area contributed by atoms with Gasteiger partial charge in [-0.2, -0.15) is 0 Å². The summed E-state index contributed by atoms with van der Waals surface area (Å²) in [7, 11) is 0. The van der Waals surface area contributed by atoms with Crippen LogP contribution in [0.25, 0.3) is 10.9 Å². The van der Waals surface area contributed by atoms with Crippen molar-refractivity contribution in [3.05, 3.63) is 102 Å². The van der Waals surface area contributed by atoms with Crippen LogP contribution in [-0.2, 0) is 22.5 Å². The van der Waals surface area contributed by atoms with E-state index in [0.29, 0.717) is 12.2 Å². The molecule has 2 heterocycles. The summed E-state index contributed by atoms with van der Waals surface area (Å²) in [5.41, 5.74) is 4.87. The molecule has 5 rings (SSSR count). The summed E-state index contributed by atoms with van der Waals surface area (Å²) in [6, 6.07) is 25.7. The molecule has 0 atom stereocenters. The van der Waals surface area contributed by atoms with E-state index in [1.54, 1.807) is 0 Å². The Labute approximate surface area is 230 Å². The number of ketones is 1. The molecule has 0 spiro atoms. The molecule has 6 nitrogen and oxygen atoms in total. The van der Waals surface area contributed by atoms with Crippen molar-refractivity contribution in [1.82, 2.24) is 9.47 Å². The number of aromatic nitrogens is 1. The van der Waals surface area contributed by atoms with Crippen LogP contribution in [-0.4, -0.2) is 60.6 Å². The molecule has 198 valence electrons. The van der Waals surface area contributed by atoms with Crippen LogP contribution in [0.5, 0.6) is 0 Å². The van der Waals surface area contributed by atoms with Crippen molar-refractivity contribution in [1.29, 1.82) is 0 Å². The van der Waals surface area contributed by atoms with Gasteiger partial charge in [-0.1, -0.05) is 60.7 Å². The largest absolute Gasteiger partial charge is 0.465 e. The molecular weight excluding hydrogens is 498 g/mol. The first-order chi connectivity index (χ1) is 18.1. The monoisotopic (exact) mass is 531 g/mol. The average Bonchev–Trinajstić information content (AvgIpc) is 3.29. The fraction of sp³-hybridized carbons (Fsp3) is 0.290. The minimum atomic E-state index is -0.208. The second-order valence-corrected chi connectivity index (χ2v) is 9.43. The average molecular weight is 532 g/mol. The van der Waals surface area contributed by atoms with Crippen molar-refractivity contribution < 1.29 is 14.3 Å². The molecule has 1 aromatic heterocycles. The predicted molar refractivity (Wildman–Crippen MR) is 154 cm³/mol. The number of esters is 1. The maximum atomic E-state index is 12.9. The number of rotatable bonds is 9. The van der Waals surface area contributed by atoms with Gasteiger partial charge < -0.3 is 14.2 Å². The maximum Gasteiger partial charge on any atom is 0.325 e. The van der Waals surface area contributed by atoms with E-state index < -0.39 is 0 Å². The van der Waals surface area contributed by atoms with Crippen molar-refractivity contribution >= 4 is 40.7 Å². The molecule has 1 fully saturated rings. The van der Waals surface area contributed by atoms with Crippen molar-refractivity contribution in [2.24, 2.45) is 0 Å². The van der Waals surface area contributed by atoms with Crippen molar-refractivity contribution in [3.63, 3.8) is 0 Å². The molecule has 0 bridgehead atoms. The molecule has 0 aliphatic carbocycles. The highest BCUT2D eigenvalue weighted by Gasteiger charge is 2.19. The van der Waals surface area contributed by atoms with Gasteiger partial charge in [-0.15, -0.1) is 12.4 Å². The van der Waals surface area contributed by atoms with Gasteiger partial charge in [0.25, 0.3) is 0 Å². The Hall–Kier alpha value is -3.61. The van der Waals surface area contributed by atoms with Gasteiger partial charge in [0.2, 0.25) is 0 Å². The molecule has 3 aromatic carbocycles. The van der Waals surface area contributed by atoms with Gasteiger partial charge in [0.05, 0.1) is 6.61 Å². The number of carbonyl (C=O) groups excluding carboxylic acids is 2. The Morgan fingerprint density at radius 1 is 0.842 bits per heavy atom. The third-order valence-corrected chi connectivity index (χ3v) is 7.06. The van der Waals surface area contributed by atoms with E-state index in [9.17, 15) is 9.59 Å². The van der Waals surface area contributed by atoms with Crippen molar-refractivity contribution in [2.45, 2.75) is 19.9 Å². The standard InChI is InChI=1S/C31H33N3O3.ClH/c1-2-37-30(35)23-34-22-26(28-13-6-7-14-29(28)34)15-16-32-17-19-33(20-18-32)27-12-8-11-25(21-27)31(36)24-9-4-3-5-10-24;/h3-14,21-22H,2,15-20,23H2,1H3;1H. The van der Waals surface area contributed by atoms with Crippen molar-refractivity contribution in [3.8, 4) is 0 Å². The first-order valence-corrected chi connectivity index (χ1v) is 13.0. The van der Waals surface area contributed by atoms with E-state index in [2.05, 4.69) is 40.3 Å². The summed E-state index contributed by atoms with van der Waals surface area (Å²) < 4.78 is 7.16. The number of anilines is 1. The van der Waals surface area contributed by atoms with Crippen LogP contribution in [0.3, 0.4) is 0 Å². The normalized spacial score (nSPS) is 13.8. The van der Waals surface area contributed by atoms with Crippen LogP contribution < -0.4 is 4.90 Å². The Morgan fingerprint density at radius 3 is 2.32 bits per heavy atom. The number of piperazine rings is 1. The molecule has 0 unspecified atom stereocenters. The van der Waals surface area contributed by atoms with E-state index in [0.717, 1.165) is 55.9 Å². The quantitative estimate of drug-likeness (QED) is 0.219. The second-order valence-electron chi connectivity index (χ2n) is 9.43. The number of ether oxygens (including phenoxy) is 1. The summed E-state index contributed by atoms with van der Waals surface area (Å²) >= 11 is 0. The molecule has 1 aliphatic rings. The van der Waals surface area contributed by atoms with E-state index in [-0.39, 0.29) is 30.7 Å². The zero-order valence-electron chi connectivity index (χ0n) is 21.7. The number of halogens is 1. The molecular formula is C31H34ClN3O3. The maximum absolute atomic E-state index is 12.9. The smallest absolute Gasteiger partial charge is 0.325 e. The molecule has 1 aliphatic heterocycles. The van der Waals surface area contributed by atoms with Gasteiger partial charge in [-0.3, -0.25) is 14.5 Å². The number of benzene rings is 3. The minimum absolute atomic E-state index is 0. The summed E-state index contributed by atoms with van der Waals surface area (Å²) in [5.74, 6) is -0.149. The lowest BCUT2D eigenvalue weighted by Gasteiger charge is -2.36. The Kier molecular flexibility index (Phi) is 9.21. The number of para-hydroxylation sites is 1. The van der Waals surface area contributed by atoms with E-state index in [1.807, 2.05) is 66.1 Å². The Morgan fingerprint density at radius 2 is 1.55 bits per heavy atom. The summed E-state index contributed by atoms with van der Waals surface area (Å²) in [6.45, 7) is 7.22. The highest BCUT2D eigenvalue weighted by molar-refractivity contribution is 6.09. The fourth-order valence-electron chi connectivity index (χ4n) is 5.11. The predicted octanol–water partition coefficient (Wildman–Crippen LogP) is 5.22. The van der Waals surface area contributed by atoms with Gasteiger partial charge >= 0.3 is 5.97 Å². The van der Waals surface area contributed by atoms with Crippen LogP contribution in [0.1, 0.15) is 28.4 Å². The van der Waals surface area contributed by atoms with Gasteiger partial charge in [0.1, 0.15) is 6.54 Å². The molecule has 0 amide bonds. The Balaban J connectivity index is 0.00000336. The Bertz CT molecular complexity index is 1380. The zero-order chi connectivity index (χ0) is 25.6. The van der Waals surface area contributed by atoms with E-state index in [4.69, 9.17) is 4.74 Å². The molecule has 4 aromatic rings. The van der Waals surface area contributed by atoms with Crippen LogP contribution in [0.15, 0.2) is 85.1 Å². The van der Waals surface area contributed by atoms with Gasteiger partial charge in [-0.25, -0.2) is 0 Å². The van der Waals surface area contributed by atoms with E-state index in [1.165, 1.54) is 10.9 Å². The molecule has 0 saturated carbocycles. The molecule has 0 radical (unpaired) electrons. The number of carbonyl (C=O) groups is 2. The summed E-state index contributed by atoms with van der Waals surface area (Å²) in [4.78, 5) is 29.8. The topological polar surface area (TPSA) is 54.8 Å². The van der Waals surface area contributed by atoms with Crippen LogP contribution in [0, 0.1) is 0 Å². The first kappa shape index (κ1) is 27.4. The van der Waals surface area contributed by atoms with Gasteiger partial charge in [0, 0.05) is 66.6 Å². The molecule has 7 heteroatoms. The minimum Gasteiger partial charge on any atom is -0.465 e. The van der Waals surface area contributed by atoms with Crippen molar-refractivity contribution in [2.75, 3.05) is 44.2 Å². The lowest BCUT2D eigenvalue weighted by atomic mass is 10.0. The highest BCUT2D eigenvalue weighted by Crippen LogP contribution is 2.24. The van der Waals surface area contributed by atoms with Crippen LogP contribution >= 0.6 is 12.4 Å². The number of hydrogen-bond donors (Lipinski definition) is 0. The highest BCUT2D eigenvalue weighted by atomic mass is 35.5. The second kappa shape index (κ2) is 12.8. The van der Waals surface area contributed by atoms with Gasteiger partial charge in [-0.05, 0) is 37.1 Å². The SMILES string of the molecule is CCOC(=O)Cn1cc(CCN2CCN(c3cccc(C(=O)c4ccccc4)c3)CC2)c2ccccc21.Cl. The van der Waals surface area contributed by atoms with Crippen LogP contribution in [0.4, 0.5) is 5.69 Å². The van der Waals surface area contributed by atoms with Gasteiger partial charge in [0.15, 0.2) is 5.78 Å². The zero-order valence-corrected chi connectivity index (χ0v) is 22.5. The lowest BCUT2D eigenvalue weighted by Crippen LogP contribution is -2.47. The molecule has 1 saturated heterocycles. The summed E-state index contributed by atoms with van der Waals surface area (Å²) in [5, 5.41) is 1.20. The third kappa shape index (κ3) is 6.26. The lowest BCUT2D eigenvalue weighted by molar-refractivity contribution is -0.143. The molecule has 0 N–H and O–H groups in total.